The fraction of sp³-hybridized carbons (Fsp3) is 0.0100. The van der Waals surface area contributed by atoms with Crippen LogP contribution in [0.3, 0.4) is 0 Å². The van der Waals surface area contributed by atoms with Crippen LogP contribution in [-0.4, -0.2) is 46.8 Å². The van der Waals surface area contributed by atoms with Gasteiger partial charge in [-0.25, -0.2) is 15.0 Å². The van der Waals surface area contributed by atoms with E-state index in [4.69, 9.17) is 13.3 Å². The van der Waals surface area contributed by atoms with Gasteiger partial charge in [0.2, 0.25) is 5.71 Å². The molecule has 0 saturated carbocycles. The normalized spacial score (nSPS) is 12.5. The third-order valence-electron chi connectivity index (χ3n) is 21.5. The summed E-state index contributed by atoms with van der Waals surface area (Å²) in [6.45, 7) is 0. The minimum Gasteiger partial charge on any atom is -0.456 e. The Morgan fingerprint density at radius 3 is 1.38 bits per heavy atom. The Labute approximate surface area is 643 Å². The zero-order valence-corrected chi connectivity index (χ0v) is 62.2. The highest BCUT2D eigenvalue weighted by Gasteiger charge is 2.52. The van der Waals surface area contributed by atoms with E-state index in [1.165, 1.54) is 109 Å². The molecule has 3 aliphatic rings. The van der Waals surface area contributed by atoms with Gasteiger partial charge in [0.1, 0.15) is 28.7 Å². The van der Waals surface area contributed by atoms with Gasteiger partial charge in [0.25, 0.3) is 0 Å². The summed E-state index contributed by atoms with van der Waals surface area (Å²) in [6, 6.07) is 131. The van der Waals surface area contributed by atoms with Crippen LogP contribution in [0.2, 0.25) is 0 Å². The first kappa shape index (κ1) is 67.4. The monoisotopic (exact) mass is 1460 g/mol. The van der Waals surface area contributed by atoms with Crippen LogP contribution < -0.4 is 36.3 Å². The lowest BCUT2D eigenvalue weighted by Crippen LogP contribution is -2.72. The number of nitrogens with one attached hydrogen (secondary N) is 1. The van der Waals surface area contributed by atoms with Crippen LogP contribution in [0.25, 0.3) is 110 Å². The highest BCUT2D eigenvalue weighted by molar-refractivity contribution is 7.22. The quantitative estimate of drug-likeness (QED) is 0.169. The van der Waals surface area contributed by atoms with Gasteiger partial charge in [-0.1, -0.05) is 332 Å². The van der Waals surface area contributed by atoms with Crippen molar-refractivity contribution in [2.24, 2.45) is 0 Å². The molecule has 1 radical (unpaired) electrons. The largest absolute Gasteiger partial charge is 0.456 e. The van der Waals surface area contributed by atoms with E-state index < -0.39 is 16.9 Å². The summed E-state index contributed by atoms with van der Waals surface area (Å²) in [7, 11) is -3.17. The van der Waals surface area contributed by atoms with Gasteiger partial charge in [0.05, 0.1) is 34.4 Å². The SMILES string of the molecule is c1ccc([Si](c2ccccc2)c2cccnc2)cc1.c1ccc([Si]2(c3ccccc3)c3ccccc3-c3ccccc32)cc1.c1ccc2[nH]cnc2c1.c1ccc2c(c1)-c1ccccc1C21c2ccccc2-c2c1ccc1oc3ccccc3c21.c1ccc2c(c1)oc1cnccc12.c1ccc2c(c1)oc1ncncc12. The van der Waals surface area contributed by atoms with Gasteiger partial charge >= 0.3 is 0 Å². The molecule has 0 bridgehead atoms. The molecule has 7 aromatic heterocycles. The minimum absolute atomic E-state index is 0.300. The number of furan rings is 3. The van der Waals surface area contributed by atoms with Crippen LogP contribution >= 0.6 is 0 Å². The van der Waals surface area contributed by atoms with Gasteiger partial charge in [-0.2, -0.15) is 0 Å². The van der Waals surface area contributed by atoms with Crippen molar-refractivity contribution in [1.29, 1.82) is 0 Å². The first-order valence-electron chi connectivity index (χ1n) is 37.2. The van der Waals surface area contributed by atoms with Crippen molar-refractivity contribution < 1.29 is 13.3 Å². The van der Waals surface area contributed by atoms with Gasteiger partial charge < -0.3 is 18.2 Å². The Bertz CT molecular complexity index is 6420. The zero-order chi connectivity index (χ0) is 73.9. The second-order valence-corrected chi connectivity index (χ2v) is 33.7. The molecule has 24 rings (SSSR count). The lowest BCUT2D eigenvalue weighted by atomic mass is 9.70. The summed E-state index contributed by atoms with van der Waals surface area (Å²) in [5.74, 6) is 0. The second-order valence-electron chi connectivity index (χ2n) is 27.5. The molecule has 21 aromatic rings. The number of aromatic amines is 1. The molecule has 2 aliphatic carbocycles. The van der Waals surface area contributed by atoms with Gasteiger partial charge in [-0.15, -0.1) is 0 Å². The van der Waals surface area contributed by atoms with E-state index in [-0.39, 0.29) is 5.41 Å². The van der Waals surface area contributed by atoms with E-state index in [0.717, 1.165) is 60.5 Å². The number of imidazole rings is 1. The molecule has 1 N–H and O–H groups in total. The average Bonchev–Trinajstić information content (AvgIpc) is 1.51. The maximum absolute atomic E-state index is 6.28. The number of rotatable bonds is 5. The fourth-order valence-electron chi connectivity index (χ4n) is 16.9. The van der Waals surface area contributed by atoms with Crippen molar-refractivity contribution >= 4 is 130 Å². The molecule has 1 spiro atoms. The lowest BCUT2D eigenvalue weighted by Gasteiger charge is -2.31. The molecule has 525 valence electrons. The summed E-state index contributed by atoms with van der Waals surface area (Å²) in [6.07, 6.45) is 12.3. The molecule has 8 heterocycles. The number of nitrogens with zero attached hydrogens (tertiary/aromatic N) is 5. The molecule has 11 heteroatoms. The molecule has 0 atom stereocenters. The summed E-state index contributed by atoms with van der Waals surface area (Å²) in [4.78, 5) is 23.4. The van der Waals surface area contributed by atoms with Crippen LogP contribution in [0.15, 0.2) is 427 Å². The Kier molecular flexibility index (Phi) is 17.9. The van der Waals surface area contributed by atoms with E-state index >= 15 is 0 Å². The number of hydrogen-bond donors (Lipinski definition) is 1. The van der Waals surface area contributed by atoms with Crippen LogP contribution in [0.4, 0.5) is 0 Å². The number of H-pyrrole nitrogens is 1. The molecule has 9 nitrogen and oxygen atoms in total. The first-order chi connectivity index (χ1) is 55.1. The highest BCUT2D eigenvalue weighted by atomic mass is 28.3. The lowest BCUT2D eigenvalue weighted by molar-refractivity contribution is 0.652. The van der Waals surface area contributed by atoms with Gasteiger partial charge in [0, 0.05) is 51.7 Å². The van der Waals surface area contributed by atoms with E-state index in [0.29, 0.717) is 5.71 Å². The van der Waals surface area contributed by atoms with Crippen molar-refractivity contribution in [1.82, 2.24) is 29.9 Å². The predicted molar refractivity (Wildman–Crippen MR) is 458 cm³/mol. The van der Waals surface area contributed by atoms with E-state index in [9.17, 15) is 0 Å². The number of hydrogen-bond acceptors (Lipinski definition) is 8. The van der Waals surface area contributed by atoms with Gasteiger partial charge in [-0.05, 0) is 130 Å². The number of pyridine rings is 2. The minimum atomic E-state index is -2.23. The molecule has 0 saturated heterocycles. The third-order valence-corrected chi connectivity index (χ3v) is 29.1. The summed E-state index contributed by atoms with van der Waals surface area (Å²) in [5, 5.41) is 16.8. The van der Waals surface area contributed by atoms with Crippen LogP contribution in [-0.2, 0) is 5.41 Å². The predicted octanol–water partition coefficient (Wildman–Crippen LogP) is 19.5. The Morgan fingerprint density at radius 1 is 0.297 bits per heavy atom. The van der Waals surface area contributed by atoms with Crippen LogP contribution in [0, 0.1) is 0 Å². The summed E-state index contributed by atoms with van der Waals surface area (Å²) >= 11 is 0. The molecule has 0 unspecified atom stereocenters. The molecular weight excluding hydrogens is 1390 g/mol. The van der Waals surface area contributed by atoms with Crippen LogP contribution in [0.5, 0.6) is 0 Å². The van der Waals surface area contributed by atoms with Gasteiger partial charge in [0.15, 0.2) is 22.5 Å². The maximum Gasteiger partial charge on any atom is 0.230 e. The molecule has 1 aliphatic heterocycles. The Balaban J connectivity index is 0.0000000944. The summed E-state index contributed by atoms with van der Waals surface area (Å²) < 4.78 is 17.4. The standard InChI is InChI=1S/C31H18O.C24H18Si.C17H14NSi.C11H7NO.C10H6N2O.C7H6N2/c1-5-13-23-19(9-1)20-10-2-6-14-24(20)31(23)25-15-7-3-11-21(25)29-26(31)17-18-28-30(29)22-12-4-8-16-27(22)32-28;1-3-11-19(12-4-1)25(20-13-5-2-6-14-20)23-17-9-7-15-21(23)22-16-8-10-18-24(22)25;1-3-8-15(9-4-1)19(16-10-5-2-6-11-16)17-12-7-13-18-14-17;1-2-4-10-8(3-1)9-5-6-12-7-11(9)13-10;1-2-4-9-7(3-1)8-5-11-6-12-10(8)13-9;1-2-4-7-6(3-1)8-5-9-7/h1-18H;1-18H;1-14H;1-7H;1-6H;1-5H,(H,8,9). The third kappa shape index (κ3) is 11.9. The Hall–Kier alpha value is -14.2. The zero-order valence-electron chi connectivity index (χ0n) is 60.2. The molecule has 0 fully saturated rings. The number of benzene rings is 14. The van der Waals surface area contributed by atoms with Crippen molar-refractivity contribution in [3.05, 3.63) is 436 Å². The van der Waals surface area contributed by atoms with Gasteiger partial charge in [-0.3, -0.25) is 9.97 Å². The molecule has 0 amide bonds. The number of fused-ring (bicyclic) bond motifs is 24. The van der Waals surface area contributed by atoms with E-state index in [1.54, 1.807) is 24.9 Å². The average molecular weight is 1460 g/mol. The van der Waals surface area contributed by atoms with E-state index in [1.807, 2.05) is 97.3 Å². The summed E-state index contributed by atoms with van der Waals surface area (Å²) in [5.41, 5.74) is 20.6. The van der Waals surface area contributed by atoms with Crippen molar-refractivity contribution in [2.45, 2.75) is 5.41 Å². The van der Waals surface area contributed by atoms with Crippen LogP contribution in [0.1, 0.15) is 22.3 Å². The Morgan fingerprint density at radius 2 is 0.766 bits per heavy atom. The van der Waals surface area contributed by atoms with Crippen molar-refractivity contribution in [3.63, 3.8) is 0 Å². The fourth-order valence-corrected chi connectivity index (χ4v) is 24.7. The highest BCUT2D eigenvalue weighted by Crippen LogP contribution is 2.64. The smallest absolute Gasteiger partial charge is 0.230 e. The second kappa shape index (κ2) is 29.5. The van der Waals surface area contributed by atoms with Crippen molar-refractivity contribution in [2.75, 3.05) is 0 Å². The van der Waals surface area contributed by atoms with Crippen molar-refractivity contribution in [3.8, 4) is 33.4 Å². The first-order valence-corrected chi connectivity index (χ1v) is 40.7. The molecular formula is C100H69N6O3Si2. The topological polar surface area (TPSA) is 120 Å². The maximum atomic E-state index is 6.28. The number of para-hydroxylation sites is 5. The number of aromatic nitrogens is 6. The molecule has 111 heavy (non-hydrogen) atoms. The van der Waals surface area contributed by atoms with E-state index in [2.05, 4.69) is 315 Å². The molecule has 14 aromatic carbocycles.